The molecule has 0 rings (SSSR count). The van der Waals surface area contributed by atoms with Crippen LogP contribution in [0.2, 0.25) is 0 Å². The summed E-state index contributed by atoms with van der Waals surface area (Å²) in [6.07, 6.45) is 37.5. The van der Waals surface area contributed by atoms with Gasteiger partial charge in [0.25, 0.3) is 0 Å². The number of unbranched alkanes of at least 4 members (excludes halogenated alkanes) is 23. The van der Waals surface area contributed by atoms with E-state index < -0.39 is 0 Å². The summed E-state index contributed by atoms with van der Waals surface area (Å²) < 4.78 is 0.580. The van der Waals surface area contributed by atoms with Crippen LogP contribution in [0, 0.1) is 0 Å². The van der Waals surface area contributed by atoms with Gasteiger partial charge in [0.2, 0.25) is 0 Å². The molecule has 1 atom stereocenters. The zero-order valence-electron chi connectivity index (χ0n) is 22.5. The molecule has 0 bridgehead atoms. The lowest BCUT2D eigenvalue weighted by molar-refractivity contribution is 0.531. The summed E-state index contributed by atoms with van der Waals surface area (Å²) in [5.74, 6) is 1.32. The minimum Gasteiger partial charge on any atom is -0.165 e. The van der Waals surface area contributed by atoms with Gasteiger partial charge in [-0.25, -0.2) is 0 Å². The Bertz CT molecular complexity index is 318. The SMILES string of the molecule is CCCCCCCCCCCCCCCCCCSC(S)CCCCCCCCCCC. The van der Waals surface area contributed by atoms with Crippen molar-refractivity contribution in [2.75, 3.05) is 5.75 Å². The second-order valence-electron chi connectivity index (χ2n) is 10.2. The highest BCUT2D eigenvalue weighted by Crippen LogP contribution is 2.23. The molecule has 0 radical (unpaired) electrons. The Morgan fingerprint density at radius 3 is 1.03 bits per heavy atom. The highest BCUT2D eigenvalue weighted by molar-refractivity contribution is 8.10. The Hall–Kier alpha value is 0.700. The third kappa shape index (κ3) is 28.7. The molecule has 0 amide bonds. The third-order valence-electron chi connectivity index (χ3n) is 6.86. The van der Waals surface area contributed by atoms with Crippen molar-refractivity contribution in [2.45, 2.75) is 185 Å². The maximum atomic E-state index is 4.81. The summed E-state index contributed by atoms with van der Waals surface area (Å²) in [6, 6.07) is 0. The highest BCUT2D eigenvalue weighted by Gasteiger charge is 2.03. The van der Waals surface area contributed by atoms with Gasteiger partial charge in [0.1, 0.15) is 0 Å². The van der Waals surface area contributed by atoms with Gasteiger partial charge in [0, 0.05) is 4.58 Å². The molecule has 2 heteroatoms. The first kappa shape index (κ1) is 32.7. The van der Waals surface area contributed by atoms with Crippen molar-refractivity contribution >= 4 is 24.4 Å². The summed E-state index contributed by atoms with van der Waals surface area (Å²) in [5.41, 5.74) is 0. The number of thiol groups is 1. The van der Waals surface area contributed by atoms with Crippen LogP contribution in [-0.2, 0) is 0 Å². The molecule has 1 unspecified atom stereocenters. The standard InChI is InChI=1S/C30H62S2/c1-3-5-7-9-11-13-14-15-16-17-18-19-21-23-25-27-29-32-30(31)28-26-24-22-20-12-10-8-6-4-2/h30-31H,3-29H2,1-2H3. The highest BCUT2D eigenvalue weighted by atomic mass is 32.2. The van der Waals surface area contributed by atoms with Crippen molar-refractivity contribution in [1.29, 1.82) is 0 Å². The van der Waals surface area contributed by atoms with Crippen LogP contribution >= 0.6 is 24.4 Å². The van der Waals surface area contributed by atoms with Crippen molar-refractivity contribution in [3.63, 3.8) is 0 Å². The first-order valence-corrected chi connectivity index (χ1v) is 16.7. The van der Waals surface area contributed by atoms with Crippen LogP contribution in [0.15, 0.2) is 0 Å². The van der Waals surface area contributed by atoms with E-state index in [9.17, 15) is 0 Å². The summed E-state index contributed by atoms with van der Waals surface area (Å²) in [6.45, 7) is 4.60. The van der Waals surface area contributed by atoms with Gasteiger partial charge in [-0.1, -0.05) is 168 Å². The molecule has 0 spiro atoms. The van der Waals surface area contributed by atoms with E-state index in [1.54, 1.807) is 0 Å². The monoisotopic (exact) mass is 486 g/mol. The fourth-order valence-corrected chi connectivity index (χ4v) is 6.06. The topological polar surface area (TPSA) is 0 Å². The zero-order valence-corrected chi connectivity index (χ0v) is 24.2. The Morgan fingerprint density at radius 2 is 0.688 bits per heavy atom. The molecule has 194 valence electrons. The maximum Gasteiger partial charge on any atom is 0.0472 e. The Balaban J connectivity index is 3.11. The minimum atomic E-state index is 0.580. The lowest BCUT2D eigenvalue weighted by Gasteiger charge is -2.10. The van der Waals surface area contributed by atoms with E-state index in [4.69, 9.17) is 12.6 Å². The second kappa shape index (κ2) is 29.7. The van der Waals surface area contributed by atoms with Gasteiger partial charge in [-0.05, 0) is 18.6 Å². The first-order valence-electron chi connectivity index (χ1n) is 15.1. The summed E-state index contributed by atoms with van der Waals surface area (Å²) in [4.78, 5) is 0. The van der Waals surface area contributed by atoms with Crippen molar-refractivity contribution in [3.8, 4) is 0 Å². The van der Waals surface area contributed by atoms with Crippen LogP contribution in [0.1, 0.15) is 181 Å². The van der Waals surface area contributed by atoms with Crippen molar-refractivity contribution < 1.29 is 0 Å². The third-order valence-corrected chi connectivity index (χ3v) is 8.71. The number of thioether (sulfide) groups is 1. The fraction of sp³-hybridized carbons (Fsp3) is 1.00. The van der Waals surface area contributed by atoms with Gasteiger partial charge < -0.3 is 0 Å². The van der Waals surface area contributed by atoms with Gasteiger partial charge in [0.05, 0.1) is 0 Å². The zero-order chi connectivity index (χ0) is 23.4. The van der Waals surface area contributed by atoms with Crippen LogP contribution in [0.25, 0.3) is 0 Å². The lowest BCUT2D eigenvalue weighted by Crippen LogP contribution is -1.95. The normalized spacial score (nSPS) is 12.5. The largest absolute Gasteiger partial charge is 0.165 e. The van der Waals surface area contributed by atoms with Crippen molar-refractivity contribution in [1.82, 2.24) is 0 Å². The maximum absolute atomic E-state index is 4.81. The number of hydrogen-bond donors (Lipinski definition) is 1. The average Bonchev–Trinajstić information content (AvgIpc) is 2.80. The van der Waals surface area contributed by atoms with E-state index in [2.05, 4.69) is 25.6 Å². The molecule has 0 aromatic rings. The van der Waals surface area contributed by atoms with E-state index in [1.807, 2.05) is 0 Å². The van der Waals surface area contributed by atoms with Crippen LogP contribution in [0.3, 0.4) is 0 Å². The molecule has 0 aromatic carbocycles. The van der Waals surface area contributed by atoms with E-state index in [0.717, 1.165) is 0 Å². The Morgan fingerprint density at radius 1 is 0.406 bits per heavy atom. The van der Waals surface area contributed by atoms with Gasteiger partial charge in [-0.15, -0.1) is 11.8 Å². The van der Waals surface area contributed by atoms with Crippen LogP contribution < -0.4 is 0 Å². The van der Waals surface area contributed by atoms with E-state index >= 15 is 0 Å². The number of rotatable bonds is 28. The molecule has 0 fully saturated rings. The Labute approximate surface area is 215 Å². The molecular weight excluding hydrogens is 424 g/mol. The van der Waals surface area contributed by atoms with E-state index in [1.165, 1.54) is 173 Å². The molecule has 0 aliphatic rings. The Kier molecular flexibility index (Phi) is 30.4. The predicted molar refractivity (Wildman–Crippen MR) is 157 cm³/mol. The molecule has 0 heterocycles. The smallest absolute Gasteiger partial charge is 0.0472 e. The van der Waals surface area contributed by atoms with E-state index in [-0.39, 0.29) is 0 Å². The fourth-order valence-electron chi connectivity index (χ4n) is 4.58. The molecule has 0 aliphatic heterocycles. The average molecular weight is 487 g/mol. The van der Waals surface area contributed by atoms with Gasteiger partial charge in [0.15, 0.2) is 0 Å². The van der Waals surface area contributed by atoms with Crippen LogP contribution in [0.4, 0.5) is 0 Å². The van der Waals surface area contributed by atoms with Gasteiger partial charge in [-0.2, -0.15) is 12.6 Å². The molecule has 0 aromatic heterocycles. The summed E-state index contributed by atoms with van der Waals surface area (Å²) in [5, 5.41) is 0. The molecule has 0 saturated heterocycles. The van der Waals surface area contributed by atoms with Crippen molar-refractivity contribution in [2.24, 2.45) is 0 Å². The second-order valence-corrected chi connectivity index (χ2v) is 12.5. The predicted octanol–water partition coefficient (Wildman–Crippen LogP) is 12.2. The van der Waals surface area contributed by atoms with Crippen LogP contribution in [0.5, 0.6) is 0 Å². The summed E-state index contributed by atoms with van der Waals surface area (Å²) in [7, 11) is 0. The summed E-state index contributed by atoms with van der Waals surface area (Å²) >= 11 is 6.91. The minimum absolute atomic E-state index is 0.580. The van der Waals surface area contributed by atoms with E-state index in [0.29, 0.717) is 4.58 Å². The van der Waals surface area contributed by atoms with Crippen molar-refractivity contribution in [3.05, 3.63) is 0 Å². The van der Waals surface area contributed by atoms with Gasteiger partial charge >= 0.3 is 0 Å². The first-order chi connectivity index (χ1) is 15.8. The van der Waals surface area contributed by atoms with Crippen LogP contribution in [-0.4, -0.2) is 10.3 Å². The molecule has 0 aliphatic carbocycles. The molecule has 0 saturated carbocycles. The molecule has 32 heavy (non-hydrogen) atoms. The lowest BCUT2D eigenvalue weighted by atomic mass is 10.0. The molecule has 0 N–H and O–H groups in total. The van der Waals surface area contributed by atoms with Gasteiger partial charge in [-0.3, -0.25) is 0 Å². The quantitative estimate of drug-likeness (QED) is 0.0651. The number of hydrogen-bond acceptors (Lipinski definition) is 2. The molecule has 0 nitrogen and oxygen atoms in total. The molecular formula is C30H62S2.